The first-order valence-electron chi connectivity index (χ1n) is 12.5. The maximum absolute atomic E-state index is 13.3. The molecule has 1 aromatic rings. The molecule has 0 aliphatic carbocycles. The minimum Gasteiger partial charge on any atom is -0.510 e. The largest absolute Gasteiger partial charge is 0.510 e. The molecule has 0 N–H and O–H groups in total. The van der Waals surface area contributed by atoms with E-state index in [4.69, 9.17) is 17.7 Å². The smallest absolute Gasteiger partial charge is 0.473 e. The van der Waals surface area contributed by atoms with Crippen molar-refractivity contribution in [1.29, 1.82) is 0 Å². The number of rotatable bonds is 2. The van der Waals surface area contributed by atoms with Crippen LogP contribution < -0.4 is 4.43 Å². The van der Waals surface area contributed by atoms with E-state index in [-0.39, 0.29) is 26.1 Å². The highest BCUT2D eigenvalue weighted by Crippen LogP contribution is 2.58. The van der Waals surface area contributed by atoms with Crippen LogP contribution in [0.1, 0.15) is 106 Å². The zero-order valence-corrected chi connectivity index (χ0v) is 25.7. The Morgan fingerprint density at radius 3 is 1.74 bits per heavy atom. The molecule has 0 spiro atoms. The second-order valence-electron chi connectivity index (χ2n) is 14.5. The lowest BCUT2D eigenvalue weighted by Gasteiger charge is -2.50. The van der Waals surface area contributed by atoms with E-state index in [9.17, 15) is 4.79 Å². The van der Waals surface area contributed by atoms with E-state index < -0.39 is 22.7 Å². The van der Waals surface area contributed by atoms with Crippen molar-refractivity contribution in [1.82, 2.24) is 0 Å². The van der Waals surface area contributed by atoms with Gasteiger partial charge in [0.05, 0.1) is 17.8 Å². The molecule has 0 aromatic heterocycles. The van der Waals surface area contributed by atoms with Gasteiger partial charge < -0.3 is 17.7 Å². The summed E-state index contributed by atoms with van der Waals surface area (Å²) in [7, 11) is -5.60. The third-order valence-corrected chi connectivity index (χ3v) is 17.5. The van der Waals surface area contributed by atoms with Gasteiger partial charge in [-0.25, -0.2) is 4.79 Å². The lowest BCUT2D eigenvalue weighted by atomic mass is 9.95. The van der Waals surface area contributed by atoms with Crippen molar-refractivity contribution in [3.05, 3.63) is 29.3 Å². The molecule has 34 heavy (non-hydrogen) atoms. The van der Waals surface area contributed by atoms with Crippen LogP contribution >= 0.6 is 0 Å². The third kappa shape index (κ3) is 4.20. The Labute approximate surface area is 209 Å². The number of para-hydroxylation sites is 1. The van der Waals surface area contributed by atoms with Gasteiger partial charge >= 0.3 is 23.1 Å². The monoisotopic (exact) mass is 506 g/mol. The summed E-state index contributed by atoms with van der Waals surface area (Å²) in [5.74, 6) is 0.396. The maximum atomic E-state index is 13.3. The molecular formula is C27H46O5Si2. The van der Waals surface area contributed by atoms with Crippen LogP contribution in [0.25, 0.3) is 0 Å². The summed E-state index contributed by atoms with van der Waals surface area (Å²) in [6, 6.07) is 5.79. The minimum atomic E-state index is -3.01. The van der Waals surface area contributed by atoms with Gasteiger partial charge in [0.25, 0.3) is 0 Å². The molecule has 1 unspecified atom stereocenters. The van der Waals surface area contributed by atoms with Gasteiger partial charge in [-0.05, 0) is 18.6 Å². The Morgan fingerprint density at radius 1 is 0.794 bits per heavy atom. The molecule has 2 heterocycles. The summed E-state index contributed by atoms with van der Waals surface area (Å²) in [6.07, 6.45) is 0.614. The van der Waals surface area contributed by atoms with Gasteiger partial charge in [-0.3, -0.25) is 0 Å². The van der Waals surface area contributed by atoms with Crippen molar-refractivity contribution < 1.29 is 22.5 Å². The molecule has 3 rings (SSSR count). The Morgan fingerprint density at radius 2 is 1.29 bits per heavy atom. The number of carbonyl (C=O) groups is 1. The van der Waals surface area contributed by atoms with Gasteiger partial charge in [0, 0.05) is 26.6 Å². The van der Waals surface area contributed by atoms with Gasteiger partial charge in [-0.2, -0.15) is 0 Å². The van der Waals surface area contributed by atoms with Gasteiger partial charge in [0.15, 0.2) is 0 Å². The molecule has 0 radical (unpaired) electrons. The van der Waals surface area contributed by atoms with Crippen molar-refractivity contribution in [2.75, 3.05) is 6.61 Å². The maximum Gasteiger partial charge on any atom is 0.473 e. The fraction of sp³-hybridized carbons (Fsp3) is 0.741. The van der Waals surface area contributed by atoms with E-state index in [0.717, 1.165) is 5.56 Å². The molecule has 1 fully saturated rings. The first kappa shape index (κ1) is 27.4. The van der Waals surface area contributed by atoms with Crippen LogP contribution in [0, 0.1) is 0 Å². The molecule has 1 aromatic carbocycles. The molecule has 192 valence electrons. The van der Waals surface area contributed by atoms with Gasteiger partial charge in [0.2, 0.25) is 0 Å². The molecular weight excluding hydrogens is 460 g/mol. The van der Waals surface area contributed by atoms with E-state index in [1.54, 1.807) is 0 Å². The van der Waals surface area contributed by atoms with Crippen LogP contribution in [0.3, 0.4) is 0 Å². The average Bonchev–Trinajstić information content (AvgIpc) is 2.99. The highest BCUT2D eigenvalue weighted by atomic mass is 28.4. The van der Waals surface area contributed by atoms with Crippen molar-refractivity contribution in [3.63, 3.8) is 0 Å². The highest BCUT2D eigenvalue weighted by Gasteiger charge is 2.66. The standard InChI is InChI=1S/C27H46O5Si2/c1-23(2,3)33(24(4,5)6)29-18-27(13,32-33)17-19-15-14-16-20-21(19)30-34(25(7,8)9,26(10,11)12)31-22(20)28/h14-16H,17-18H2,1-13H3. The van der Waals surface area contributed by atoms with Crippen molar-refractivity contribution in [3.8, 4) is 5.75 Å². The quantitative estimate of drug-likeness (QED) is 0.385. The van der Waals surface area contributed by atoms with Crippen LogP contribution in [0.2, 0.25) is 20.2 Å². The zero-order chi connectivity index (χ0) is 26.2. The first-order valence-corrected chi connectivity index (χ1v) is 16.1. The molecule has 0 amide bonds. The highest BCUT2D eigenvalue weighted by molar-refractivity contribution is 6.76. The van der Waals surface area contributed by atoms with Crippen LogP contribution in [0.15, 0.2) is 18.2 Å². The molecule has 2 aliphatic rings. The molecule has 5 nitrogen and oxygen atoms in total. The van der Waals surface area contributed by atoms with Crippen molar-refractivity contribution in [2.24, 2.45) is 0 Å². The van der Waals surface area contributed by atoms with E-state index in [2.05, 4.69) is 96.1 Å². The predicted molar refractivity (Wildman–Crippen MR) is 142 cm³/mol. The number of carbonyl (C=O) groups excluding carboxylic acids is 1. The second kappa shape index (κ2) is 7.92. The molecule has 0 bridgehead atoms. The minimum absolute atomic E-state index is 0.0834. The lowest BCUT2D eigenvalue weighted by molar-refractivity contribution is 0.0599. The molecule has 2 aliphatic heterocycles. The van der Waals surface area contributed by atoms with Crippen LogP contribution in [0.4, 0.5) is 0 Å². The molecule has 0 saturated carbocycles. The van der Waals surface area contributed by atoms with Crippen LogP contribution in [-0.4, -0.2) is 35.3 Å². The Bertz CT molecular complexity index is 931. The molecule has 7 heteroatoms. The fourth-order valence-corrected chi connectivity index (χ4v) is 15.6. The number of hydrogen-bond acceptors (Lipinski definition) is 5. The van der Waals surface area contributed by atoms with Crippen LogP contribution in [0.5, 0.6) is 5.75 Å². The summed E-state index contributed by atoms with van der Waals surface area (Å²) >= 11 is 0. The average molecular weight is 507 g/mol. The van der Waals surface area contributed by atoms with Gasteiger partial charge in [-0.1, -0.05) is 95.2 Å². The lowest BCUT2D eigenvalue weighted by Crippen LogP contribution is -2.62. The number of benzene rings is 1. The van der Waals surface area contributed by atoms with E-state index in [1.807, 2.05) is 12.1 Å². The summed E-state index contributed by atoms with van der Waals surface area (Å²) in [5.41, 5.74) is 0.991. The van der Waals surface area contributed by atoms with Crippen molar-refractivity contribution in [2.45, 2.75) is 122 Å². The summed E-state index contributed by atoms with van der Waals surface area (Å²) in [5, 5.41) is -0.772. The summed E-state index contributed by atoms with van der Waals surface area (Å²) < 4.78 is 26.8. The molecule has 1 atom stereocenters. The topological polar surface area (TPSA) is 54.0 Å². The normalized spacial score (nSPS) is 24.9. The van der Waals surface area contributed by atoms with E-state index >= 15 is 0 Å². The Kier molecular flexibility index (Phi) is 6.39. The van der Waals surface area contributed by atoms with Crippen LogP contribution in [-0.2, 0) is 19.7 Å². The molecule has 1 saturated heterocycles. The van der Waals surface area contributed by atoms with Gasteiger partial charge in [0.1, 0.15) is 5.75 Å². The Balaban J connectivity index is 2.06. The summed E-state index contributed by atoms with van der Waals surface area (Å²) in [6.45, 7) is 28.7. The third-order valence-electron chi connectivity index (χ3n) is 7.28. The predicted octanol–water partition coefficient (Wildman–Crippen LogP) is 7.67. The zero-order valence-electron chi connectivity index (χ0n) is 23.7. The van der Waals surface area contributed by atoms with Gasteiger partial charge in [-0.15, -0.1) is 0 Å². The van der Waals surface area contributed by atoms with E-state index in [0.29, 0.717) is 24.3 Å². The Hall–Kier alpha value is -1.16. The number of hydrogen-bond donors (Lipinski definition) is 0. The summed E-state index contributed by atoms with van der Waals surface area (Å²) in [4.78, 5) is 13.3. The second-order valence-corrected chi connectivity index (χ2v) is 23.9. The number of fused-ring (bicyclic) bond motifs is 1. The SMILES string of the molecule is CC1(Cc2cccc3c2O[Si](C(C)(C)C)(C(C)(C)C)OC3=O)CO[Si](C(C)(C)C)(C(C)(C)C)O1. The fourth-order valence-electron chi connectivity index (χ4n) is 6.11. The van der Waals surface area contributed by atoms with E-state index in [1.165, 1.54) is 0 Å². The first-order chi connectivity index (χ1) is 15.1. The van der Waals surface area contributed by atoms with Crippen molar-refractivity contribution >= 4 is 23.1 Å².